The number of nitrogens with two attached hydrogens (primary N) is 1. The van der Waals surface area contributed by atoms with E-state index in [2.05, 4.69) is 0 Å². The Morgan fingerprint density at radius 1 is 1.50 bits per heavy atom. The van der Waals surface area contributed by atoms with Crippen molar-refractivity contribution < 1.29 is 9.90 Å². The minimum absolute atomic E-state index is 0.173. The van der Waals surface area contributed by atoms with E-state index in [1.807, 2.05) is 38.1 Å². The van der Waals surface area contributed by atoms with Gasteiger partial charge in [0.2, 0.25) is 0 Å². The molecule has 16 heavy (non-hydrogen) atoms. The van der Waals surface area contributed by atoms with Crippen LogP contribution in [0, 0.1) is 12.3 Å². The van der Waals surface area contributed by atoms with E-state index in [4.69, 9.17) is 5.73 Å². The predicted molar refractivity (Wildman–Crippen MR) is 64.3 cm³/mol. The standard InChI is InChI=1S/C13H19NO2/c1-3-13(9-14,12(15)16)8-11-6-4-5-10(2)7-11/h4-7H,3,8-9,14H2,1-2H3,(H,15,16). The largest absolute Gasteiger partial charge is 0.481 e. The Bertz CT molecular complexity index is 370. The van der Waals surface area contributed by atoms with Gasteiger partial charge in [-0.15, -0.1) is 0 Å². The van der Waals surface area contributed by atoms with Crippen LogP contribution in [0.1, 0.15) is 24.5 Å². The number of aryl methyl sites for hydroxylation is 1. The van der Waals surface area contributed by atoms with Crippen LogP contribution in [0.25, 0.3) is 0 Å². The van der Waals surface area contributed by atoms with E-state index in [9.17, 15) is 9.90 Å². The maximum Gasteiger partial charge on any atom is 0.311 e. The Balaban J connectivity index is 2.96. The first-order valence-electron chi connectivity index (χ1n) is 5.53. The van der Waals surface area contributed by atoms with Crippen LogP contribution in [0.4, 0.5) is 0 Å². The summed E-state index contributed by atoms with van der Waals surface area (Å²) in [6, 6.07) is 7.92. The van der Waals surface area contributed by atoms with Crippen molar-refractivity contribution in [3.8, 4) is 0 Å². The molecular weight excluding hydrogens is 202 g/mol. The Kier molecular flexibility index (Phi) is 4.07. The molecule has 0 aliphatic heterocycles. The Morgan fingerprint density at radius 2 is 2.19 bits per heavy atom. The number of hydrogen-bond acceptors (Lipinski definition) is 2. The van der Waals surface area contributed by atoms with Crippen molar-refractivity contribution in [2.45, 2.75) is 26.7 Å². The molecule has 0 radical (unpaired) electrons. The summed E-state index contributed by atoms with van der Waals surface area (Å²) in [6.07, 6.45) is 1.05. The molecule has 0 heterocycles. The molecule has 0 aromatic heterocycles. The molecule has 3 nitrogen and oxygen atoms in total. The maximum absolute atomic E-state index is 11.3. The van der Waals surface area contributed by atoms with Crippen LogP contribution < -0.4 is 5.73 Å². The molecule has 0 fully saturated rings. The van der Waals surface area contributed by atoms with Crippen molar-refractivity contribution in [3.05, 3.63) is 35.4 Å². The topological polar surface area (TPSA) is 63.3 Å². The normalized spacial score (nSPS) is 14.4. The zero-order valence-corrected chi connectivity index (χ0v) is 9.86. The number of carboxylic acids is 1. The molecule has 3 heteroatoms. The minimum Gasteiger partial charge on any atom is -0.481 e. The van der Waals surface area contributed by atoms with E-state index in [1.54, 1.807) is 0 Å². The molecule has 88 valence electrons. The van der Waals surface area contributed by atoms with Crippen molar-refractivity contribution >= 4 is 5.97 Å². The molecule has 1 unspecified atom stereocenters. The minimum atomic E-state index is -0.826. The molecule has 0 saturated heterocycles. The lowest BCUT2D eigenvalue weighted by atomic mass is 9.79. The van der Waals surface area contributed by atoms with Gasteiger partial charge in [-0.1, -0.05) is 36.8 Å². The Labute approximate surface area is 96.3 Å². The fraction of sp³-hybridized carbons (Fsp3) is 0.462. The number of hydrogen-bond donors (Lipinski definition) is 2. The number of aliphatic carboxylic acids is 1. The summed E-state index contributed by atoms with van der Waals surface area (Å²) in [6.45, 7) is 4.05. The third-order valence-corrected chi connectivity index (χ3v) is 3.15. The zero-order valence-electron chi connectivity index (χ0n) is 9.86. The summed E-state index contributed by atoms with van der Waals surface area (Å²) < 4.78 is 0. The SMILES string of the molecule is CCC(CN)(Cc1cccc(C)c1)C(=O)O. The molecule has 0 bridgehead atoms. The lowest BCUT2D eigenvalue weighted by Crippen LogP contribution is -2.40. The second-order valence-corrected chi connectivity index (χ2v) is 4.31. The van der Waals surface area contributed by atoms with Gasteiger partial charge in [-0.25, -0.2) is 0 Å². The smallest absolute Gasteiger partial charge is 0.311 e. The first kappa shape index (κ1) is 12.7. The van der Waals surface area contributed by atoms with Gasteiger partial charge < -0.3 is 10.8 Å². The average Bonchev–Trinajstić information content (AvgIpc) is 2.25. The van der Waals surface area contributed by atoms with Crippen molar-refractivity contribution in [1.29, 1.82) is 0 Å². The molecule has 0 spiro atoms. The molecule has 1 aromatic rings. The lowest BCUT2D eigenvalue weighted by molar-refractivity contribution is -0.148. The fourth-order valence-corrected chi connectivity index (χ4v) is 1.87. The second-order valence-electron chi connectivity index (χ2n) is 4.31. The van der Waals surface area contributed by atoms with Crippen molar-refractivity contribution in [2.75, 3.05) is 6.54 Å². The van der Waals surface area contributed by atoms with Crippen LogP contribution in [-0.4, -0.2) is 17.6 Å². The highest BCUT2D eigenvalue weighted by Gasteiger charge is 2.35. The molecule has 1 aromatic carbocycles. The van der Waals surface area contributed by atoms with Crippen molar-refractivity contribution in [2.24, 2.45) is 11.1 Å². The van der Waals surface area contributed by atoms with Crippen molar-refractivity contribution in [1.82, 2.24) is 0 Å². The van der Waals surface area contributed by atoms with E-state index in [0.29, 0.717) is 12.8 Å². The second kappa shape index (κ2) is 5.12. The Morgan fingerprint density at radius 3 is 2.62 bits per heavy atom. The molecule has 1 atom stereocenters. The highest BCUT2D eigenvalue weighted by Crippen LogP contribution is 2.26. The first-order valence-corrected chi connectivity index (χ1v) is 5.53. The fourth-order valence-electron chi connectivity index (χ4n) is 1.87. The van der Waals surface area contributed by atoms with E-state index in [1.165, 1.54) is 0 Å². The van der Waals surface area contributed by atoms with Gasteiger partial charge in [0, 0.05) is 6.54 Å². The summed E-state index contributed by atoms with van der Waals surface area (Å²) >= 11 is 0. The van der Waals surface area contributed by atoms with Crippen LogP contribution in [0.3, 0.4) is 0 Å². The third kappa shape index (κ3) is 2.61. The van der Waals surface area contributed by atoms with E-state index >= 15 is 0 Å². The summed E-state index contributed by atoms with van der Waals surface area (Å²) in [5.41, 5.74) is 6.98. The molecule has 0 aliphatic rings. The monoisotopic (exact) mass is 221 g/mol. The van der Waals surface area contributed by atoms with Gasteiger partial charge in [0.05, 0.1) is 5.41 Å². The van der Waals surface area contributed by atoms with Crippen LogP contribution in [0.5, 0.6) is 0 Å². The Hall–Kier alpha value is -1.35. The molecule has 0 amide bonds. The van der Waals surface area contributed by atoms with Gasteiger partial charge in [-0.3, -0.25) is 4.79 Å². The molecule has 0 saturated carbocycles. The van der Waals surface area contributed by atoms with Gasteiger partial charge in [0.15, 0.2) is 0 Å². The van der Waals surface area contributed by atoms with Crippen LogP contribution in [0.2, 0.25) is 0 Å². The number of carboxylic acid groups (broad SMARTS) is 1. The number of rotatable bonds is 5. The summed E-state index contributed by atoms with van der Waals surface area (Å²) in [7, 11) is 0. The molecular formula is C13H19NO2. The van der Waals surface area contributed by atoms with Crippen LogP contribution in [0.15, 0.2) is 24.3 Å². The zero-order chi connectivity index (χ0) is 12.2. The summed E-state index contributed by atoms with van der Waals surface area (Å²) in [4.78, 5) is 11.3. The summed E-state index contributed by atoms with van der Waals surface area (Å²) in [5.74, 6) is -0.806. The van der Waals surface area contributed by atoms with Crippen LogP contribution in [-0.2, 0) is 11.2 Å². The highest BCUT2D eigenvalue weighted by atomic mass is 16.4. The quantitative estimate of drug-likeness (QED) is 0.799. The first-order chi connectivity index (χ1) is 7.54. The number of benzene rings is 1. The van der Waals surface area contributed by atoms with E-state index < -0.39 is 11.4 Å². The summed E-state index contributed by atoms with van der Waals surface area (Å²) in [5, 5.41) is 9.27. The number of carbonyl (C=O) groups is 1. The van der Waals surface area contributed by atoms with Gasteiger partial charge in [-0.05, 0) is 25.3 Å². The van der Waals surface area contributed by atoms with E-state index in [0.717, 1.165) is 11.1 Å². The van der Waals surface area contributed by atoms with E-state index in [-0.39, 0.29) is 6.54 Å². The molecule has 0 aliphatic carbocycles. The van der Waals surface area contributed by atoms with Gasteiger partial charge >= 0.3 is 5.97 Å². The lowest BCUT2D eigenvalue weighted by Gasteiger charge is -2.26. The van der Waals surface area contributed by atoms with Crippen molar-refractivity contribution in [3.63, 3.8) is 0 Å². The van der Waals surface area contributed by atoms with Gasteiger partial charge in [0.25, 0.3) is 0 Å². The maximum atomic E-state index is 11.3. The highest BCUT2D eigenvalue weighted by molar-refractivity contribution is 5.75. The average molecular weight is 221 g/mol. The van der Waals surface area contributed by atoms with Gasteiger partial charge in [0.1, 0.15) is 0 Å². The predicted octanol–water partition coefficient (Wildman–Crippen LogP) is 1.98. The van der Waals surface area contributed by atoms with Gasteiger partial charge in [-0.2, -0.15) is 0 Å². The molecule has 3 N–H and O–H groups in total. The molecule has 1 rings (SSSR count). The third-order valence-electron chi connectivity index (χ3n) is 3.15. The van der Waals surface area contributed by atoms with Crippen LogP contribution >= 0.6 is 0 Å².